The van der Waals surface area contributed by atoms with Crippen molar-refractivity contribution in [1.29, 1.82) is 0 Å². The van der Waals surface area contributed by atoms with Crippen molar-refractivity contribution >= 4 is 23.1 Å². The topological polar surface area (TPSA) is 45.2 Å². The number of thiazole rings is 1. The molecule has 0 spiro atoms. The molecule has 0 fully saturated rings. The molecule has 2 heterocycles. The first kappa shape index (κ1) is 13.3. The van der Waals surface area contributed by atoms with E-state index in [2.05, 4.69) is 29.0 Å². The van der Waals surface area contributed by atoms with Crippen LogP contribution in [0.3, 0.4) is 0 Å². The van der Waals surface area contributed by atoms with Gasteiger partial charge in [-0.05, 0) is 40.5 Å². The third kappa shape index (κ3) is 2.66. The normalized spacial score (nSPS) is 15.1. The van der Waals surface area contributed by atoms with E-state index in [1.165, 1.54) is 4.88 Å². The van der Waals surface area contributed by atoms with Crippen molar-refractivity contribution < 1.29 is 4.79 Å². The molecule has 1 aliphatic heterocycles. The summed E-state index contributed by atoms with van der Waals surface area (Å²) in [6, 6.07) is 0.590. The molecule has 1 aromatic heterocycles. The van der Waals surface area contributed by atoms with Crippen LogP contribution in [0.4, 0.5) is 5.82 Å². The van der Waals surface area contributed by atoms with E-state index in [-0.39, 0.29) is 11.9 Å². The molecule has 0 saturated heterocycles. The van der Waals surface area contributed by atoms with E-state index >= 15 is 0 Å². The molecule has 5 heteroatoms. The number of aromatic nitrogens is 1. The van der Waals surface area contributed by atoms with Gasteiger partial charge in [0.05, 0.1) is 0 Å². The van der Waals surface area contributed by atoms with Gasteiger partial charge in [-0.2, -0.15) is 0 Å². The Morgan fingerprint density at radius 2 is 2.11 bits per heavy atom. The van der Waals surface area contributed by atoms with Gasteiger partial charge in [0.15, 0.2) is 5.01 Å². The minimum atomic E-state index is -0.0480. The summed E-state index contributed by atoms with van der Waals surface area (Å²) in [5, 5.41) is 3.50. The standard InChI is InChI=1S/C13H21N3OS/c1-8(2)14-12(17)13-15-11-10(18-13)6-5-7-16(11)9(3)4/h8-9H,5-7H2,1-4H3,(H,14,17). The average Bonchev–Trinajstić information content (AvgIpc) is 2.70. The first-order valence-corrected chi connectivity index (χ1v) is 7.38. The average molecular weight is 267 g/mol. The van der Waals surface area contributed by atoms with Gasteiger partial charge in [-0.15, -0.1) is 11.3 Å². The van der Waals surface area contributed by atoms with Crippen molar-refractivity contribution in [2.45, 2.75) is 52.6 Å². The Bertz CT molecular complexity index is 439. The molecule has 2 rings (SSSR count). The molecule has 0 bridgehead atoms. The number of carbonyl (C=O) groups is 1. The molecule has 0 aromatic carbocycles. The fraction of sp³-hybridized carbons (Fsp3) is 0.692. The van der Waals surface area contributed by atoms with E-state index in [0.29, 0.717) is 11.0 Å². The highest BCUT2D eigenvalue weighted by Crippen LogP contribution is 2.32. The maximum Gasteiger partial charge on any atom is 0.280 e. The summed E-state index contributed by atoms with van der Waals surface area (Å²) in [5.41, 5.74) is 0. The van der Waals surface area contributed by atoms with E-state index in [0.717, 1.165) is 25.2 Å². The van der Waals surface area contributed by atoms with Crippen molar-refractivity contribution in [3.8, 4) is 0 Å². The number of carbonyl (C=O) groups excluding carboxylic acids is 1. The lowest BCUT2D eigenvalue weighted by Crippen LogP contribution is -2.35. The van der Waals surface area contributed by atoms with Gasteiger partial charge >= 0.3 is 0 Å². The number of aryl methyl sites for hydroxylation is 1. The number of hydrogen-bond donors (Lipinski definition) is 1. The Hall–Kier alpha value is -1.10. The number of fused-ring (bicyclic) bond motifs is 1. The molecule has 100 valence electrons. The monoisotopic (exact) mass is 267 g/mol. The SMILES string of the molecule is CC(C)NC(=O)c1nc2c(s1)CCCN2C(C)C. The van der Waals surface area contributed by atoms with Crippen LogP contribution in [0.1, 0.15) is 48.8 Å². The zero-order valence-corrected chi connectivity index (χ0v) is 12.3. The summed E-state index contributed by atoms with van der Waals surface area (Å²) in [7, 11) is 0. The predicted octanol–water partition coefficient (Wildman–Crippen LogP) is 2.44. The maximum absolute atomic E-state index is 12.0. The lowest BCUT2D eigenvalue weighted by atomic mass is 10.1. The molecule has 1 amide bonds. The van der Waals surface area contributed by atoms with Crippen LogP contribution in [0.2, 0.25) is 0 Å². The minimum absolute atomic E-state index is 0.0480. The first-order valence-electron chi connectivity index (χ1n) is 6.56. The second-order valence-corrected chi connectivity index (χ2v) is 6.37. The molecule has 0 radical (unpaired) electrons. The Morgan fingerprint density at radius 3 is 2.72 bits per heavy atom. The quantitative estimate of drug-likeness (QED) is 0.915. The van der Waals surface area contributed by atoms with Crippen molar-refractivity contribution in [3.63, 3.8) is 0 Å². The summed E-state index contributed by atoms with van der Waals surface area (Å²) in [6.45, 7) is 9.31. The number of nitrogens with zero attached hydrogens (tertiary/aromatic N) is 2. The van der Waals surface area contributed by atoms with Crippen LogP contribution in [-0.4, -0.2) is 29.5 Å². The van der Waals surface area contributed by atoms with Crippen LogP contribution >= 0.6 is 11.3 Å². The van der Waals surface area contributed by atoms with Gasteiger partial charge < -0.3 is 10.2 Å². The second-order valence-electron chi connectivity index (χ2n) is 5.28. The van der Waals surface area contributed by atoms with E-state index in [1.54, 1.807) is 11.3 Å². The molecule has 1 aliphatic rings. The van der Waals surface area contributed by atoms with Crippen LogP contribution in [0.5, 0.6) is 0 Å². The Balaban J connectivity index is 2.24. The summed E-state index contributed by atoms with van der Waals surface area (Å²) >= 11 is 1.54. The fourth-order valence-corrected chi connectivity index (χ4v) is 3.19. The zero-order chi connectivity index (χ0) is 13.3. The molecule has 1 N–H and O–H groups in total. The van der Waals surface area contributed by atoms with Crippen molar-refractivity contribution in [2.75, 3.05) is 11.4 Å². The van der Waals surface area contributed by atoms with Crippen LogP contribution in [0.25, 0.3) is 0 Å². The minimum Gasteiger partial charge on any atom is -0.353 e. The van der Waals surface area contributed by atoms with Crippen LogP contribution in [0, 0.1) is 0 Å². The van der Waals surface area contributed by atoms with Gasteiger partial charge in [0.25, 0.3) is 5.91 Å². The van der Waals surface area contributed by atoms with Gasteiger partial charge in [0.1, 0.15) is 5.82 Å². The molecule has 18 heavy (non-hydrogen) atoms. The van der Waals surface area contributed by atoms with Crippen molar-refractivity contribution in [2.24, 2.45) is 0 Å². The molecule has 4 nitrogen and oxygen atoms in total. The lowest BCUT2D eigenvalue weighted by molar-refractivity contribution is 0.0943. The number of hydrogen-bond acceptors (Lipinski definition) is 4. The third-order valence-corrected chi connectivity index (χ3v) is 4.09. The van der Waals surface area contributed by atoms with E-state index in [9.17, 15) is 4.79 Å². The first-order chi connectivity index (χ1) is 8.49. The van der Waals surface area contributed by atoms with Crippen molar-refractivity contribution in [3.05, 3.63) is 9.88 Å². The van der Waals surface area contributed by atoms with E-state index in [4.69, 9.17) is 0 Å². The van der Waals surface area contributed by atoms with Crippen LogP contribution in [-0.2, 0) is 6.42 Å². The van der Waals surface area contributed by atoms with Crippen LogP contribution < -0.4 is 10.2 Å². The predicted molar refractivity (Wildman–Crippen MR) is 75.5 cm³/mol. The highest BCUT2D eigenvalue weighted by atomic mass is 32.1. The maximum atomic E-state index is 12.0. The number of nitrogens with one attached hydrogen (secondary N) is 1. The van der Waals surface area contributed by atoms with Crippen LogP contribution in [0.15, 0.2) is 0 Å². The number of anilines is 1. The Morgan fingerprint density at radius 1 is 1.39 bits per heavy atom. The van der Waals surface area contributed by atoms with E-state index < -0.39 is 0 Å². The van der Waals surface area contributed by atoms with Gasteiger partial charge in [-0.3, -0.25) is 4.79 Å². The molecule has 1 aromatic rings. The Kier molecular flexibility index (Phi) is 3.90. The largest absolute Gasteiger partial charge is 0.353 e. The summed E-state index contributed by atoms with van der Waals surface area (Å²) in [4.78, 5) is 20.1. The molecule has 0 unspecified atom stereocenters. The summed E-state index contributed by atoms with van der Waals surface area (Å²) in [5.74, 6) is 0.975. The zero-order valence-electron chi connectivity index (χ0n) is 11.5. The number of amides is 1. The fourth-order valence-electron chi connectivity index (χ4n) is 2.17. The molecule has 0 atom stereocenters. The molecule has 0 aliphatic carbocycles. The lowest BCUT2D eigenvalue weighted by Gasteiger charge is -2.31. The highest BCUT2D eigenvalue weighted by molar-refractivity contribution is 7.14. The second kappa shape index (κ2) is 5.26. The molecular formula is C13H21N3OS. The summed E-state index contributed by atoms with van der Waals surface area (Å²) in [6.07, 6.45) is 2.20. The van der Waals surface area contributed by atoms with Gasteiger partial charge in [0.2, 0.25) is 0 Å². The Labute approximate surface area is 112 Å². The number of rotatable bonds is 3. The van der Waals surface area contributed by atoms with Gasteiger partial charge in [-0.1, -0.05) is 0 Å². The highest BCUT2D eigenvalue weighted by Gasteiger charge is 2.25. The summed E-state index contributed by atoms with van der Waals surface area (Å²) < 4.78 is 0. The molecule has 0 saturated carbocycles. The van der Waals surface area contributed by atoms with Gasteiger partial charge in [0, 0.05) is 23.5 Å². The van der Waals surface area contributed by atoms with E-state index in [1.807, 2.05) is 13.8 Å². The van der Waals surface area contributed by atoms with Gasteiger partial charge in [-0.25, -0.2) is 4.98 Å². The third-order valence-electron chi connectivity index (χ3n) is 2.99. The smallest absolute Gasteiger partial charge is 0.280 e. The van der Waals surface area contributed by atoms with Crippen molar-refractivity contribution in [1.82, 2.24) is 10.3 Å². The molecular weight excluding hydrogens is 246 g/mol.